The molecule has 0 aliphatic heterocycles. The summed E-state index contributed by atoms with van der Waals surface area (Å²) < 4.78 is 5.54. The average molecular weight is 292 g/mol. The van der Waals surface area contributed by atoms with Gasteiger partial charge in [-0.2, -0.15) is 0 Å². The molecule has 0 atom stereocenters. The minimum atomic E-state index is 0.155. The van der Waals surface area contributed by atoms with Gasteiger partial charge in [-0.3, -0.25) is 0 Å². The Labute approximate surface area is 128 Å². The van der Waals surface area contributed by atoms with Crippen LogP contribution in [0.25, 0.3) is 0 Å². The van der Waals surface area contributed by atoms with Crippen molar-refractivity contribution in [3.63, 3.8) is 0 Å². The Morgan fingerprint density at radius 1 is 1.33 bits per heavy atom. The molecule has 0 aromatic heterocycles. The number of likely N-dealkylation sites (N-methyl/N-ethyl adjacent to an activating group) is 1. The molecule has 1 aromatic rings. The Bertz CT molecular complexity index is 431. The number of anilines is 1. The Morgan fingerprint density at radius 2 is 2.10 bits per heavy atom. The highest BCUT2D eigenvalue weighted by Gasteiger charge is 2.15. The maximum absolute atomic E-state index is 9.16. The van der Waals surface area contributed by atoms with Crippen molar-refractivity contribution in [2.75, 3.05) is 31.7 Å². The maximum atomic E-state index is 9.16. The van der Waals surface area contributed by atoms with E-state index in [4.69, 9.17) is 9.84 Å². The van der Waals surface area contributed by atoms with E-state index in [-0.39, 0.29) is 6.61 Å². The van der Waals surface area contributed by atoms with Crippen LogP contribution in [-0.4, -0.2) is 38.0 Å². The highest BCUT2D eigenvalue weighted by Crippen LogP contribution is 2.29. The fourth-order valence-electron chi connectivity index (χ4n) is 3.05. The van der Waals surface area contributed by atoms with Crippen molar-refractivity contribution in [1.29, 1.82) is 0 Å². The van der Waals surface area contributed by atoms with Crippen LogP contribution in [0.4, 0.5) is 5.69 Å². The van der Waals surface area contributed by atoms with E-state index in [1.54, 1.807) is 7.11 Å². The summed E-state index contributed by atoms with van der Waals surface area (Å²) >= 11 is 0. The zero-order valence-corrected chi connectivity index (χ0v) is 13.3. The summed E-state index contributed by atoms with van der Waals surface area (Å²) in [6.45, 7) is 4.63. The summed E-state index contributed by atoms with van der Waals surface area (Å²) in [6.07, 6.45) is 5.31. The number of hydrogen-bond donors (Lipinski definition) is 2. The van der Waals surface area contributed by atoms with Gasteiger partial charge >= 0.3 is 0 Å². The van der Waals surface area contributed by atoms with E-state index in [1.807, 2.05) is 0 Å². The van der Waals surface area contributed by atoms with Gasteiger partial charge in [-0.15, -0.1) is 0 Å². The third-order valence-electron chi connectivity index (χ3n) is 4.29. The summed E-state index contributed by atoms with van der Waals surface area (Å²) in [5.41, 5.74) is 2.31. The second-order valence-electron chi connectivity index (χ2n) is 5.67. The van der Waals surface area contributed by atoms with Crippen molar-refractivity contribution in [2.45, 2.75) is 45.2 Å². The molecule has 0 saturated heterocycles. The molecule has 1 aromatic carbocycles. The molecule has 1 aliphatic carbocycles. The van der Waals surface area contributed by atoms with Gasteiger partial charge in [0.1, 0.15) is 5.75 Å². The fraction of sp³-hybridized carbons (Fsp3) is 0.647. The van der Waals surface area contributed by atoms with Crippen molar-refractivity contribution in [1.82, 2.24) is 5.32 Å². The van der Waals surface area contributed by atoms with Gasteiger partial charge < -0.3 is 20.1 Å². The summed E-state index contributed by atoms with van der Waals surface area (Å²) in [7, 11) is 1.71. The third kappa shape index (κ3) is 4.35. The number of methoxy groups -OCH3 is 1. The van der Waals surface area contributed by atoms with Crippen LogP contribution in [0.1, 0.15) is 38.2 Å². The molecule has 1 saturated carbocycles. The van der Waals surface area contributed by atoms with Crippen LogP contribution >= 0.6 is 0 Å². The van der Waals surface area contributed by atoms with Crippen molar-refractivity contribution in [2.24, 2.45) is 0 Å². The van der Waals surface area contributed by atoms with Gasteiger partial charge in [0.05, 0.1) is 19.4 Å². The fourth-order valence-corrected chi connectivity index (χ4v) is 3.05. The minimum absolute atomic E-state index is 0.155. The number of rotatable bonds is 8. The molecule has 2 N–H and O–H groups in total. The van der Waals surface area contributed by atoms with Gasteiger partial charge in [0.2, 0.25) is 0 Å². The first-order valence-electron chi connectivity index (χ1n) is 8.04. The second kappa shape index (κ2) is 8.25. The number of nitrogens with zero attached hydrogens (tertiary/aromatic N) is 1. The lowest BCUT2D eigenvalue weighted by Crippen LogP contribution is -2.27. The molecule has 0 unspecified atom stereocenters. The van der Waals surface area contributed by atoms with E-state index in [2.05, 4.69) is 35.3 Å². The van der Waals surface area contributed by atoms with Crippen molar-refractivity contribution in [3.8, 4) is 5.75 Å². The zero-order valence-electron chi connectivity index (χ0n) is 13.3. The number of benzene rings is 1. The second-order valence-corrected chi connectivity index (χ2v) is 5.67. The Hall–Kier alpha value is -1.26. The molecular formula is C17H28N2O2. The normalized spacial score (nSPS) is 15.4. The third-order valence-corrected chi connectivity index (χ3v) is 4.29. The molecule has 0 bridgehead atoms. The van der Waals surface area contributed by atoms with E-state index in [0.29, 0.717) is 12.6 Å². The first kappa shape index (κ1) is 16.1. The lowest BCUT2D eigenvalue weighted by Gasteiger charge is -2.24. The molecule has 1 aliphatic rings. The molecule has 118 valence electrons. The van der Waals surface area contributed by atoms with Crippen LogP contribution in [0.3, 0.4) is 0 Å². The molecule has 1 fully saturated rings. The number of hydrogen-bond acceptors (Lipinski definition) is 4. The molecule has 2 rings (SSSR count). The minimum Gasteiger partial charge on any atom is -0.495 e. The van der Waals surface area contributed by atoms with Crippen molar-refractivity contribution >= 4 is 5.69 Å². The molecule has 4 nitrogen and oxygen atoms in total. The van der Waals surface area contributed by atoms with Gasteiger partial charge in [0.15, 0.2) is 0 Å². The van der Waals surface area contributed by atoms with Gasteiger partial charge in [0, 0.05) is 25.7 Å². The molecule has 0 radical (unpaired) electrons. The van der Waals surface area contributed by atoms with Crippen LogP contribution in [0.2, 0.25) is 0 Å². The SMILES string of the molecule is CCN(CCO)c1ccc(CNC2CCCC2)cc1OC. The summed E-state index contributed by atoms with van der Waals surface area (Å²) in [4.78, 5) is 2.13. The number of aliphatic hydroxyl groups is 1. The highest BCUT2D eigenvalue weighted by molar-refractivity contribution is 5.59. The van der Waals surface area contributed by atoms with E-state index in [0.717, 1.165) is 24.5 Å². The van der Waals surface area contributed by atoms with Crippen LogP contribution in [0, 0.1) is 0 Å². The van der Waals surface area contributed by atoms with Crippen LogP contribution in [0.15, 0.2) is 18.2 Å². The van der Waals surface area contributed by atoms with Crippen LogP contribution in [-0.2, 0) is 6.54 Å². The van der Waals surface area contributed by atoms with Gasteiger partial charge in [-0.1, -0.05) is 18.9 Å². The lowest BCUT2D eigenvalue weighted by molar-refractivity contribution is 0.302. The Morgan fingerprint density at radius 3 is 2.71 bits per heavy atom. The van der Waals surface area contributed by atoms with Crippen LogP contribution in [0.5, 0.6) is 5.75 Å². The molecular weight excluding hydrogens is 264 g/mol. The van der Waals surface area contributed by atoms with Crippen LogP contribution < -0.4 is 15.0 Å². The molecule has 21 heavy (non-hydrogen) atoms. The van der Waals surface area contributed by atoms with Gasteiger partial charge in [-0.25, -0.2) is 0 Å². The van der Waals surface area contributed by atoms with E-state index in [9.17, 15) is 0 Å². The van der Waals surface area contributed by atoms with E-state index >= 15 is 0 Å². The van der Waals surface area contributed by atoms with E-state index < -0.39 is 0 Å². The largest absolute Gasteiger partial charge is 0.495 e. The number of aliphatic hydroxyl groups excluding tert-OH is 1. The molecule has 0 spiro atoms. The quantitative estimate of drug-likeness (QED) is 0.773. The topological polar surface area (TPSA) is 44.7 Å². The lowest BCUT2D eigenvalue weighted by atomic mass is 10.1. The van der Waals surface area contributed by atoms with E-state index in [1.165, 1.54) is 31.2 Å². The monoisotopic (exact) mass is 292 g/mol. The summed E-state index contributed by atoms with van der Waals surface area (Å²) in [5.74, 6) is 0.885. The predicted molar refractivity (Wildman–Crippen MR) is 87.1 cm³/mol. The Balaban J connectivity index is 2.03. The maximum Gasteiger partial charge on any atom is 0.142 e. The zero-order chi connectivity index (χ0) is 15.1. The smallest absolute Gasteiger partial charge is 0.142 e. The number of ether oxygens (including phenoxy) is 1. The van der Waals surface area contributed by atoms with Crippen molar-refractivity contribution < 1.29 is 9.84 Å². The highest BCUT2D eigenvalue weighted by atomic mass is 16.5. The molecule has 0 amide bonds. The first-order valence-corrected chi connectivity index (χ1v) is 8.04. The molecule has 4 heteroatoms. The van der Waals surface area contributed by atoms with Gasteiger partial charge in [0.25, 0.3) is 0 Å². The van der Waals surface area contributed by atoms with Crippen molar-refractivity contribution in [3.05, 3.63) is 23.8 Å². The average Bonchev–Trinajstić information content (AvgIpc) is 3.04. The standard InChI is InChI=1S/C17H28N2O2/c1-3-19(10-11-20)16-9-8-14(12-17(16)21-2)13-18-15-6-4-5-7-15/h8-9,12,15,18,20H,3-7,10-11,13H2,1-2H3. The summed E-state index contributed by atoms with van der Waals surface area (Å²) in [5, 5.41) is 12.8. The predicted octanol–water partition coefficient (Wildman–Crippen LogP) is 2.55. The molecule has 0 heterocycles. The summed E-state index contributed by atoms with van der Waals surface area (Å²) in [6, 6.07) is 7.04. The first-order chi connectivity index (χ1) is 10.3. The Kier molecular flexibility index (Phi) is 6.33. The number of nitrogens with one attached hydrogen (secondary N) is 1. The van der Waals surface area contributed by atoms with Gasteiger partial charge in [-0.05, 0) is 37.5 Å².